The Kier molecular flexibility index (Phi) is 1.61. The van der Waals surface area contributed by atoms with Crippen molar-refractivity contribution in [1.82, 2.24) is 9.97 Å². The van der Waals surface area contributed by atoms with Crippen molar-refractivity contribution < 1.29 is 0 Å². The summed E-state index contributed by atoms with van der Waals surface area (Å²) in [6.45, 7) is 2.63. The molecule has 0 spiro atoms. The molecule has 0 aromatic carbocycles. The second-order valence-electron chi connectivity index (χ2n) is 3.08. The van der Waals surface area contributed by atoms with E-state index in [1.54, 1.807) is 0 Å². The zero-order valence-corrected chi connectivity index (χ0v) is 7.10. The Morgan fingerprint density at radius 3 is 2.85 bits per heavy atom. The predicted octanol–water partition coefficient (Wildman–Crippen LogP) is -0.711. The fourth-order valence-corrected chi connectivity index (χ4v) is 1.31. The van der Waals surface area contributed by atoms with E-state index < -0.39 is 11.2 Å². The van der Waals surface area contributed by atoms with Gasteiger partial charge in [-0.25, -0.2) is 4.79 Å². The van der Waals surface area contributed by atoms with Crippen LogP contribution in [0.5, 0.6) is 0 Å². The highest BCUT2D eigenvalue weighted by atomic mass is 16.2. The van der Waals surface area contributed by atoms with E-state index in [0.29, 0.717) is 18.1 Å². The van der Waals surface area contributed by atoms with Crippen LogP contribution in [0, 0.1) is 0 Å². The Morgan fingerprint density at radius 1 is 1.31 bits per heavy atom. The smallest absolute Gasteiger partial charge is 0.327 e. The van der Waals surface area contributed by atoms with E-state index in [2.05, 4.69) is 20.6 Å². The standard InChI is InChI=1S/C7H10N4O2/c1-3-2-8-5-4(9-3)6(12)11-7(13)10-5/h3,9H,2H2,1H3,(H3,8,10,11,12,13)/t3-/m0/s1. The van der Waals surface area contributed by atoms with E-state index >= 15 is 0 Å². The van der Waals surface area contributed by atoms with Crippen molar-refractivity contribution in [1.29, 1.82) is 0 Å². The zero-order chi connectivity index (χ0) is 9.42. The fraction of sp³-hybridized carbons (Fsp3) is 0.429. The number of rotatable bonds is 0. The highest BCUT2D eigenvalue weighted by molar-refractivity contribution is 5.65. The van der Waals surface area contributed by atoms with Crippen LogP contribution in [-0.4, -0.2) is 22.6 Å². The monoisotopic (exact) mass is 182 g/mol. The molecule has 0 amide bonds. The molecule has 6 heteroatoms. The first-order valence-corrected chi connectivity index (χ1v) is 4.04. The van der Waals surface area contributed by atoms with Crippen molar-refractivity contribution in [3.05, 3.63) is 20.8 Å². The highest BCUT2D eigenvalue weighted by Gasteiger charge is 2.16. The Morgan fingerprint density at radius 2 is 2.08 bits per heavy atom. The summed E-state index contributed by atoms with van der Waals surface area (Å²) in [6.07, 6.45) is 0. The number of H-pyrrole nitrogens is 2. The minimum Gasteiger partial charge on any atom is -0.373 e. The molecule has 0 saturated heterocycles. The fourth-order valence-electron chi connectivity index (χ4n) is 1.31. The molecule has 4 N–H and O–H groups in total. The summed E-state index contributed by atoms with van der Waals surface area (Å²) in [6, 6.07) is 0.180. The first-order chi connectivity index (χ1) is 6.16. The van der Waals surface area contributed by atoms with E-state index in [4.69, 9.17) is 0 Å². The molecule has 1 aromatic rings. The van der Waals surface area contributed by atoms with Gasteiger partial charge in [-0.15, -0.1) is 0 Å². The maximum Gasteiger partial charge on any atom is 0.327 e. The third kappa shape index (κ3) is 1.30. The van der Waals surface area contributed by atoms with Crippen molar-refractivity contribution in [2.75, 3.05) is 17.2 Å². The van der Waals surface area contributed by atoms with Crippen LogP contribution in [0.1, 0.15) is 6.92 Å². The second-order valence-corrected chi connectivity index (χ2v) is 3.08. The van der Waals surface area contributed by atoms with Gasteiger partial charge >= 0.3 is 5.69 Å². The molecule has 0 bridgehead atoms. The third-order valence-corrected chi connectivity index (χ3v) is 1.92. The molecule has 13 heavy (non-hydrogen) atoms. The topological polar surface area (TPSA) is 89.8 Å². The van der Waals surface area contributed by atoms with Crippen LogP contribution in [0.15, 0.2) is 9.59 Å². The summed E-state index contributed by atoms with van der Waals surface area (Å²) < 4.78 is 0. The molecule has 0 unspecified atom stereocenters. The van der Waals surface area contributed by atoms with Gasteiger partial charge in [-0.2, -0.15) is 0 Å². The van der Waals surface area contributed by atoms with Crippen LogP contribution in [0.2, 0.25) is 0 Å². The van der Waals surface area contributed by atoms with Gasteiger partial charge in [-0.3, -0.25) is 14.8 Å². The largest absolute Gasteiger partial charge is 0.373 e. The highest BCUT2D eigenvalue weighted by Crippen LogP contribution is 2.16. The van der Waals surface area contributed by atoms with Gasteiger partial charge in [-0.05, 0) is 6.92 Å². The number of aromatic nitrogens is 2. The van der Waals surface area contributed by atoms with Gasteiger partial charge in [0.15, 0.2) is 0 Å². The first-order valence-electron chi connectivity index (χ1n) is 4.04. The normalized spacial score (nSPS) is 19.9. The molecule has 2 heterocycles. The minimum absolute atomic E-state index is 0.180. The third-order valence-electron chi connectivity index (χ3n) is 1.92. The van der Waals surface area contributed by atoms with Crippen molar-refractivity contribution in [3.8, 4) is 0 Å². The summed E-state index contributed by atoms with van der Waals surface area (Å²) in [4.78, 5) is 26.8. The van der Waals surface area contributed by atoms with E-state index in [1.807, 2.05) is 6.92 Å². The van der Waals surface area contributed by atoms with E-state index in [9.17, 15) is 9.59 Å². The minimum atomic E-state index is -0.493. The van der Waals surface area contributed by atoms with Crippen molar-refractivity contribution in [2.24, 2.45) is 0 Å². The Labute approximate surface area is 73.4 Å². The Hall–Kier alpha value is -1.72. The van der Waals surface area contributed by atoms with Gasteiger partial charge in [0.25, 0.3) is 5.56 Å². The van der Waals surface area contributed by atoms with E-state index in [1.165, 1.54) is 0 Å². The van der Waals surface area contributed by atoms with Gasteiger partial charge in [-0.1, -0.05) is 0 Å². The van der Waals surface area contributed by atoms with E-state index in [0.717, 1.165) is 0 Å². The Balaban J connectivity index is 2.60. The lowest BCUT2D eigenvalue weighted by atomic mass is 10.2. The zero-order valence-electron chi connectivity index (χ0n) is 7.10. The van der Waals surface area contributed by atoms with Gasteiger partial charge in [0.2, 0.25) is 0 Å². The summed E-state index contributed by atoms with van der Waals surface area (Å²) >= 11 is 0. The lowest BCUT2D eigenvalue weighted by Crippen LogP contribution is -2.37. The maximum absolute atomic E-state index is 11.3. The van der Waals surface area contributed by atoms with E-state index in [-0.39, 0.29) is 6.04 Å². The molecule has 6 nitrogen and oxygen atoms in total. The SMILES string of the molecule is C[C@H]1CNc2[nH]c(=O)[nH]c(=O)c2N1. The van der Waals surface area contributed by atoms with Crippen molar-refractivity contribution in [2.45, 2.75) is 13.0 Å². The predicted molar refractivity (Wildman–Crippen MR) is 49.3 cm³/mol. The van der Waals surface area contributed by atoms with Crippen LogP contribution >= 0.6 is 0 Å². The molecular weight excluding hydrogens is 172 g/mol. The summed E-state index contributed by atoms with van der Waals surface area (Å²) in [5.41, 5.74) is -0.483. The second kappa shape index (κ2) is 2.65. The molecular formula is C7H10N4O2. The van der Waals surface area contributed by atoms with Crippen molar-refractivity contribution >= 4 is 11.5 Å². The van der Waals surface area contributed by atoms with Crippen LogP contribution in [0.4, 0.5) is 11.5 Å². The lowest BCUT2D eigenvalue weighted by molar-refractivity contribution is 0.798. The van der Waals surface area contributed by atoms with Gasteiger partial charge < -0.3 is 10.6 Å². The molecule has 70 valence electrons. The maximum atomic E-state index is 11.3. The number of hydrogen-bond acceptors (Lipinski definition) is 4. The molecule has 0 saturated carbocycles. The molecule has 1 aromatic heterocycles. The number of aromatic amines is 2. The van der Waals surface area contributed by atoms with Gasteiger partial charge in [0.05, 0.1) is 0 Å². The average Bonchev–Trinajstić information content (AvgIpc) is 2.06. The van der Waals surface area contributed by atoms with Crippen LogP contribution in [-0.2, 0) is 0 Å². The molecule has 1 atom stereocenters. The first kappa shape index (κ1) is 7.90. The number of hydrogen-bond donors (Lipinski definition) is 4. The summed E-state index contributed by atoms with van der Waals surface area (Å²) in [5.74, 6) is 0.465. The molecule has 1 aliphatic rings. The van der Waals surface area contributed by atoms with Gasteiger partial charge in [0.1, 0.15) is 11.5 Å². The molecule has 0 fully saturated rings. The lowest BCUT2D eigenvalue weighted by Gasteiger charge is -2.23. The molecule has 1 aliphatic heterocycles. The average molecular weight is 182 g/mol. The molecule has 0 aliphatic carbocycles. The number of nitrogens with one attached hydrogen (secondary N) is 4. The summed E-state index contributed by atoms with van der Waals surface area (Å²) in [7, 11) is 0. The van der Waals surface area contributed by atoms with Crippen molar-refractivity contribution in [3.63, 3.8) is 0 Å². The summed E-state index contributed by atoms with van der Waals surface area (Å²) in [5, 5.41) is 5.93. The van der Waals surface area contributed by atoms with Gasteiger partial charge in [0, 0.05) is 12.6 Å². The molecule has 2 rings (SSSR count). The van der Waals surface area contributed by atoms with Crippen LogP contribution < -0.4 is 21.9 Å². The number of fused-ring (bicyclic) bond motifs is 1. The quantitative estimate of drug-likeness (QED) is 0.426. The number of anilines is 2. The van der Waals surface area contributed by atoms with Crippen LogP contribution in [0.3, 0.4) is 0 Å². The van der Waals surface area contributed by atoms with Crippen LogP contribution in [0.25, 0.3) is 0 Å². The molecule has 0 radical (unpaired) electrons. The Bertz CT molecular complexity index is 433.